The zero-order valence-electron chi connectivity index (χ0n) is 15.3. The topological polar surface area (TPSA) is 90.8 Å². The zero-order chi connectivity index (χ0) is 19.8. The predicted molar refractivity (Wildman–Crippen MR) is 101 cm³/mol. The molecular formula is C19H21N3O4S. The van der Waals surface area contributed by atoms with Crippen molar-refractivity contribution in [1.29, 1.82) is 0 Å². The van der Waals surface area contributed by atoms with Crippen LogP contribution in [-0.4, -0.2) is 54.3 Å². The average Bonchev–Trinajstić information content (AvgIpc) is 2.94. The molecule has 0 amide bonds. The molecule has 2 heterocycles. The van der Waals surface area contributed by atoms with Crippen molar-refractivity contribution in [3.05, 3.63) is 65.6 Å². The minimum atomic E-state index is -3.30. The number of carbonyl (C=O) groups is 1. The summed E-state index contributed by atoms with van der Waals surface area (Å²) < 4.78 is 23.5. The van der Waals surface area contributed by atoms with Crippen LogP contribution in [0.4, 0.5) is 0 Å². The maximum absolute atomic E-state index is 12.0. The molecule has 27 heavy (non-hydrogen) atoms. The molecular weight excluding hydrogens is 366 g/mol. The summed E-state index contributed by atoms with van der Waals surface area (Å²) in [5.41, 5.74) is 2.43. The van der Waals surface area contributed by atoms with Gasteiger partial charge in [-0.3, -0.25) is 4.98 Å². The number of hydrazine groups is 1. The molecule has 2 aromatic rings. The lowest BCUT2D eigenvalue weighted by Crippen LogP contribution is -2.37. The maximum Gasteiger partial charge on any atom is 0.353 e. The monoisotopic (exact) mass is 387 g/mol. The van der Waals surface area contributed by atoms with Crippen molar-refractivity contribution in [2.75, 3.05) is 19.8 Å². The highest BCUT2D eigenvalue weighted by Gasteiger charge is 2.40. The molecule has 1 aromatic carbocycles. The summed E-state index contributed by atoms with van der Waals surface area (Å²) in [5.74, 6) is -1.02. The van der Waals surface area contributed by atoms with Gasteiger partial charge in [0.25, 0.3) is 0 Å². The number of likely N-dealkylation sites (N-methyl/N-ethyl adjacent to an activating group) is 2. The van der Waals surface area contributed by atoms with Crippen LogP contribution in [0.3, 0.4) is 0 Å². The summed E-state index contributed by atoms with van der Waals surface area (Å²) in [6, 6.07) is 9.81. The van der Waals surface area contributed by atoms with Crippen molar-refractivity contribution in [1.82, 2.24) is 15.0 Å². The van der Waals surface area contributed by atoms with E-state index in [2.05, 4.69) is 4.98 Å². The Hall–Kier alpha value is -2.71. The molecule has 0 bridgehead atoms. The molecule has 1 N–H and O–H groups in total. The molecule has 142 valence electrons. The van der Waals surface area contributed by atoms with Gasteiger partial charge >= 0.3 is 5.97 Å². The molecule has 3 rings (SSSR count). The van der Waals surface area contributed by atoms with Crippen LogP contribution in [0.5, 0.6) is 0 Å². The Morgan fingerprint density at radius 1 is 1.15 bits per heavy atom. The highest BCUT2D eigenvalue weighted by atomic mass is 32.2. The molecule has 0 spiro atoms. The predicted octanol–water partition coefficient (Wildman–Crippen LogP) is 2.20. The van der Waals surface area contributed by atoms with E-state index in [1.165, 1.54) is 0 Å². The Morgan fingerprint density at radius 2 is 1.74 bits per heavy atom. The molecule has 1 atom stereocenters. The number of carboxylic acid groups (broad SMARTS) is 1. The number of nitrogens with zero attached hydrogens (tertiary/aromatic N) is 3. The van der Waals surface area contributed by atoms with Gasteiger partial charge in [0, 0.05) is 37.8 Å². The fourth-order valence-corrected chi connectivity index (χ4v) is 4.10. The van der Waals surface area contributed by atoms with Crippen molar-refractivity contribution in [2.24, 2.45) is 0 Å². The number of sulfone groups is 1. The second-order valence-corrected chi connectivity index (χ2v) is 8.34. The van der Waals surface area contributed by atoms with E-state index in [1.807, 2.05) is 11.9 Å². The Labute approximate surface area is 158 Å². The molecule has 1 unspecified atom stereocenters. The Kier molecular flexibility index (Phi) is 5.03. The summed E-state index contributed by atoms with van der Waals surface area (Å²) in [5, 5.41) is 13.4. The van der Waals surface area contributed by atoms with E-state index in [9.17, 15) is 18.3 Å². The summed E-state index contributed by atoms with van der Waals surface area (Å²) in [7, 11) is -1.58. The van der Waals surface area contributed by atoms with Gasteiger partial charge in [-0.2, -0.15) is 0 Å². The summed E-state index contributed by atoms with van der Waals surface area (Å²) in [6.07, 6.45) is 4.41. The lowest BCUT2D eigenvalue weighted by Gasteiger charge is -2.31. The van der Waals surface area contributed by atoms with Gasteiger partial charge in [0.05, 0.1) is 10.9 Å². The number of hydrogen-bond acceptors (Lipinski definition) is 6. The summed E-state index contributed by atoms with van der Waals surface area (Å²) >= 11 is 0. The van der Waals surface area contributed by atoms with Gasteiger partial charge in [-0.25, -0.2) is 18.2 Å². The lowest BCUT2D eigenvalue weighted by molar-refractivity contribution is -0.136. The van der Waals surface area contributed by atoms with Crippen LogP contribution in [0.1, 0.15) is 24.1 Å². The van der Waals surface area contributed by atoms with Gasteiger partial charge < -0.3 is 10.1 Å². The van der Waals surface area contributed by atoms with Crippen molar-refractivity contribution >= 4 is 21.4 Å². The number of pyridine rings is 1. The third-order valence-electron chi connectivity index (χ3n) is 4.68. The highest BCUT2D eigenvalue weighted by molar-refractivity contribution is 7.90. The summed E-state index contributed by atoms with van der Waals surface area (Å²) in [4.78, 5) is 16.2. The van der Waals surface area contributed by atoms with Crippen LogP contribution in [0.2, 0.25) is 0 Å². The average molecular weight is 387 g/mol. The third-order valence-corrected chi connectivity index (χ3v) is 5.81. The number of hydrogen-bond donors (Lipinski definition) is 1. The van der Waals surface area contributed by atoms with Gasteiger partial charge in [-0.05, 0) is 35.4 Å². The standard InChI is InChI=1S/C19H21N3O4S/c1-4-22-17(14-5-7-15(8-6-14)27(3,25)26)16(13-9-11-20-12-10-13)18(19(23)24)21(22)2/h5-12,17H,4H2,1-3H3,(H,23,24). The number of rotatable bonds is 5. The molecule has 0 saturated heterocycles. The Bertz CT molecular complexity index is 985. The normalized spacial score (nSPS) is 18.2. The number of aromatic nitrogens is 1. The molecule has 1 aliphatic heterocycles. The third kappa shape index (κ3) is 3.45. The van der Waals surface area contributed by atoms with Crippen LogP contribution >= 0.6 is 0 Å². The van der Waals surface area contributed by atoms with Crippen molar-refractivity contribution in [3.63, 3.8) is 0 Å². The van der Waals surface area contributed by atoms with E-state index >= 15 is 0 Å². The SMILES string of the molecule is CCN1C(c2ccc(S(C)(=O)=O)cc2)C(c2ccncc2)=C(C(=O)O)N1C. The molecule has 1 aliphatic rings. The van der Waals surface area contributed by atoms with E-state index in [1.54, 1.807) is 60.8 Å². The Morgan fingerprint density at radius 3 is 2.22 bits per heavy atom. The minimum absolute atomic E-state index is 0.195. The van der Waals surface area contributed by atoms with E-state index in [0.29, 0.717) is 12.1 Å². The van der Waals surface area contributed by atoms with Crippen LogP contribution in [-0.2, 0) is 14.6 Å². The van der Waals surface area contributed by atoms with E-state index in [4.69, 9.17) is 0 Å². The van der Waals surface area contributed by atoms with Gasteiger partial charge in [-0.15, -0.1) is 0 Å². The van der Waals surface area contributed by atoms with Crippen LogP contribution in [0.25, 0.3) is 5.57 Å². The molecule has 8 heteroatoms. The molecule has 0 aliphatic carbocycles. The van der Waals surface area contributed by atoms with Crippen LogP contribution < -0.4 is 0 Å². The first-order chi connectivity index (χ1) is 12.8. The molecule has 0 saturated carbocycles. The quantitative estimate of drug-likeness (QED) is 0.841. The van der Waals surface area contributed by atoms with Crippen molar-refractivity contribution in [2.45, 2.75) is 17.9 Å². The fourth-order valence-electron chi connectivity index (χ4n) is 3.46. The first kappa shape index (κ1) is 19.1. The smallest absolute Gasteiger partial charge is 0.353 e. The second-order valence-electron chi connectivity index (χ2n) is 6.33. The molecule has 0 radical (unpaired) electrons. The molecule has 0 fully saturated rings. The van der Waals surface area contributed by atoms with Crippen molar-refractivity contribution in [3.8, 4) is 0 Å². The number of carboxylic acids is 1. The van der Waals surface area contributed by atoms with Gasteiger partial charge in [0.2, 0.25) is 0 Å². The van der Waals surface area contributed by atoms with E-state index in [-0.39, 0.29) is 16.6 Å². The number of benzene rings is 1. The van der Waals surface area contributed by atoms with Gasteiger partial charge in [0.15, 0.2) is 9.84 Å². The zero-order valence-corrected chi connectivity index (χ0v) is 16.1. The first-order valence-electron chi connectivity index (χ1n) is 8.43. The van der Waals surface area contributed by atoms with Crippen molar-refractivity contribution < 1.29 is 18.3 Å². The Balaban J connectivity index is 2.19. The van der Waals surface area contributed by atoms with Gasteiger partial charge in [0.1, 0.15) is 5.70 Å². The fraction of sp³-hybridized carbons (Fsp3) is 0.263. The maximum atomic E-state index is 12.0. The minimum Gasteiger partial charge on any atom is -0.477 e. The lowest BCUT2D eigenvalue weighted by atomic mass is 9.92. The molecule has 7 nitrogen and oxygen atoms in total. The first-order valence-corrected chi connectivity index (χ1v) is 10.3. The van der Waals surface area contributed by atoms with E-state index < -0.39 is 15.8 Å². The van der Waals surface area contributed by atoms with Gasteiger partial charge in [-0.1, -0.05) is 19.1 Å². The molecule has 1 aromatic heterocycles. The van der Waals surface area contributed by atoms with Crippen LogP contribution in [0.15, 0.2) is 59.4 Å². The second kappa shape index (κ2) is 7.13. The highest BCUT2D eigenvalue weighted by Crippen LogP contribution is 2.44. The van der Waals surface area contributed by atoms with Crippen LogP contribution in [0, 0.1) is 0 Å². The summed E-state index contributed by atoms with van der Waals surface area (Å²) in [6.45, 7) is 2.53. The number of aliphatic carboxylic acids is 1. The largest absolute Gasteiger partial charge is 0.477 e. The van der Waals surface area contributed by atoms with E-state index in [0.717, 1.165) is 17.4 Å².